The Labute approximate surface area is 126 Å². The van der Waals surface area contributed by atoms with Gasteiger partial charge in [0.25, 0.3) is 0 Å². The van der Waals surface area contributed by atoms with Gasteiger partial charge in [0.2, 0.25) is 0 Å². The van der Waals surface area contributed by atoms with Crippen LogP contribution < -0.4 is 5.32 Å². The summed E-state index contributed by atoms with van der Waals surface area (Å²) in [6.07, 6.45) is 0. The SMILES string of the molecule is CCNC(c1ccc(C(C)C)cc1)C1CSCCS1. The van der Waals surface area contributed by atoms with Gasteiger partial charge in [-0.25, -0.2) is 0 Å². The van der Waals surface area contributed by atoms with Crippen LogP contribution in [-0.2, 0) is 0 Å². The summed E-state index contributed by atoms with van der Waals surface area (Å²) in [4.78, 5) is 0. The Morgan fingerprint density at radius 2 is 1.84 bits per heavy atom. The lowest BCUT2D eigenvalue weighted by Crippen LogP contribution is -2.33. The normalized spacial score (nSPS) is 21.6. The van der Waals surface area contributed by atoms with Gasteiger partial charge in [0.1, 0.15) is 0 Å². The zero-order chi connectivity index (χ0) is 13.7. The molecule has 19 heavy (non-hydrogen) atoms. The third-order valence-electron chi connectivity index (χ3n) is 3.60. The lowest BCUT2D eigenvalue weighted by molar-refractivity contribution is 0.550. The first-order chi connectivity index (χ1) is 9.22. The number of thioether (sulfide) groups is 2. The number of hydrogen-bond donors (Lipinski definition) is 1. The van der Waals surface area contributed by atoms with E-state index in [0.717, 1.165) is 6.54 Å². The first kappa shape index (κ1) is 15.3. The molecule has 2 atom stereocenters. The molecule has 2 unspecified atom stereocenters. The van der Waals surface area contributed by atoms with Crippen LogP contribution in [0.25, 0.3) is 0 Å². The largest absolute Gasteiger partial charge is 0.309 e. The standard InChI is InChI=1S/C16H25NS2/c1-4-17-16(15-11-18-9-10-19-15)14-7-5-13(6-8-14)12(2)3/h5-8,12,15-17H,4,9-11H2,1-3H3. The number of hydrogen-bond acceptors (Lipinski definition) is 3. The van der Waals surface area contributed by atoms with E-state index in [0.29, 0.717) is 17.2 Å². The van der Waals surface area contributed by atoms with E-state index in [1.807, 2.05) is 0 Å². The van der Waals surface area contributed by atoms with Crippen molar-refractivity contribution < 1.29 is 0 Å². The van der Waals surface area contributed by atoms with Gasteiger partial charge in [-0.05, 0) is 23.6 Å². The Balaban J connectivity index is 2.13. The van der Waals surface area contributed by atoms with Gasteiger partial charge < -0.3 is 5.32 Å². The van der Waals surface area contributed by atoms with Crippen LogP contribution in [0.5, 0.6) is 0 Å². The highest BCUT2D eigenvalue weighted by Gasteiger charge is 2.25. The Morgan fingerprint density at radius 3 is 2.37 bits per heavy atom. The molecule has 1 heterocycles. The van der Waals surface area contributed by atoms with Gasteiger partial charge in [0, 0.05) is 28.6 Å². The summed E-state index contributed by atoms with van der Waals surface area (Å²) in [5.41, 5.74) is 2.89. The third-order valence-corrected chi connectivity index (χ3v) is 6.46. The first-order valence-corrected chi connectivity index (χ1v) is 9.45. The Kier molecular flexibility index (Phi) is 6.11. The molecule has 2 rings (SSSR count). The third kappa shape index (κ3) is 4.17. The molecule has 3 heteroatoms. The van der Waals surface area contributed by atoms with Crippen LogP contribution in [0.15, 0.2) is 24.3 Å². The topological polar surface area (TPSA) is 12.0 Å². The van der Waals surface area contributed by atoms with Gasteiger partial charge in [-0.1, -0.05) is 45.0 Å². The molecule has 0 spiro atoms. The number of benzene rings is 1. The number of rotatable bonds is 5. The molecular weight excluding hydrogens is 270 g/mol. The van der Waals surface area contributed by atoms with Crippen molar-refractivity contribution in [3.63, 3.8) is 0 Å². The van der Waals surface area contributed by atoms with Crippen molar-refractivity contribution in [3.8, 4) is 0 Å². The van der Waals surface area contributed by atoms with Crippen LogP contribution in [0, 0.1) is 0 Å². The minimum atomic E-state index is 0.504. The van der Waals surface area contributed by atoms with Crippen molar-refractivity contribution in [2.45, 2.75) is 38.0 Å². The summed E-state index contributed by atoms with van der Waals surface area (Å²) < 4.78 is 0. The molecular formula is C16H25NS2. The van der Waals surface area contributed by atoms with Gasteiger partial charge in [-0.3, -0.25) is 0 Å². The predicted molar refractivity (Wildman–Crippen MR) is 90.5 cm³/mol. The second kappa shape index (κ2) is 7.61. The Hall–Kier alpha value is -0.120. The Morgan fingerprint density at radius 1 is 1.16 bits per heavy atom. The number of nitrogens with one attached hydrogen (secondary N) is 1. The van der Waals surface area contributed by atoms with Crippen LogP contribution in [0.1, 0.15) is 43.9 Å². The van der Waals surface area contributed by atoms with Gasteiger partial charge in [0.15, 0.2) is 0 Å². The summed E-state index contributed by atoms with van der Waals surface area (Å²) >= 11 is 4.23. The van der Waals surface area contributed by atoms with Gasteiger partial charge in [-0.2, -0.15) is 23.5 Å². The quantitative estimate of drug-likeness (QED) is 0.869. The minimum Gasteiger partial charge on any atom is -0.309 e. The highest BCUT2D eigenvalue weighted by Crippen LogP contribution is 2.34. The highest BCUT2D eigenvalue weighted by molar-refractivity contribution is 8.06. The second-order valence-electron chi connectivity index (χ2n) is 5.34. The molecule has 1 saturated heterocycles. The zero-order valence-corrected chi connectivity index (χ0v) is 13.8. The first-order valence-electron chi connectivity index (χ1n) is 7.25. The molecule has 1 aliphatic heterocycles. The predicted octanol–water partition coefficient (Wildman–Crippen LogP) is 4.31. The molecule has 1 N–H and O–H groups in total. The molecule has 1 aliphatic rings. The zero-order valence-electron chi connectivity index (χ0n) is 12.2. The monoisotopic (exact) mass is 295 g/mol. The van der Waals surface area contributed by atoms with Crippen molar-refractivity contribution in [1.82, 2.24) is 5.32 Å². The van der Waals surface area contributed by atoms with Crippen LogP contribution >= 0.6 is 23.5 Å². The van der Waals surface area contributed by atoms with Gasteiger partial charge >= 0.3 is 0 Å². The van der Waals surface area contributed by atoms with E-state index in [1.165, 1.54) is 28.4 Å². The average Bonchev–Trinajstić information content (AvgIpc) is 2.46. The highest BCUT2D eigenvalue weighted by atomic mass is 32.2. The summed E-state index contributed by atoms with van der Waals surface area (Å²) in [6, 6.07) is 9.74. The molecule has 1 nitrogen and oxygen atoms in total. The van der Waals surface area contributed by atoms with Crippen LogP contribution in [-0.4, -0.2) is 29.1 Å². The fourth-order valence-electron chi connectivity index (χ4n) is 2.47. The lowest BCUT2D eigenvalue weighted by Gasteiger charge is -2.30. The Bertz CT molecular complexity index is 369. The van der Waals surface area contributed by atoms with Gasteiger partial charge in [0.05, 0.1) is 0 Å². The fourth-order valence-corrected chi connectivity index (χ4v) is 5.34. The molecule has 0 bridgehead atoms. The van der Waals surface area contributed by atoms with E-state index >= 15 is 0 Å². The molecule has 0 saturated carbocycles. The summed E-state index contributed by atoms with van der Waals surface area (Å²) in [5, 5.41) is 4.39. The van der Waals surface area contributed by atoms with E-state index in [4.69, 9.17) is 0 Å². The van der Waals surface area contributed by atoms with Crippen LogP contribution in [0.2, 0.25) is 0 Å². The summed E-state index contributed by atoms with van der Waals surface area (Å²) in [5.74, 6) is 4.49. The molecule has 1 fully saturated rings. The minimum absolute atomic E-state index is 0.504. The van der Waals surface area contributed by atoms with E-state index in [-0.39, 0.29) is 0 Å². The van der Waals surface area contributed by atoms with E-state index in [9.17, 15) is 0 Å². The van der Waals surface area contributed by atoms with Crippen molar-refractivity contribution in [3.05, 3.63) is 35.4 Å². The molecule has 106 valence electrons. The molecule has 0 aromatic heterocycles. The van der Waals surface area contributed by atoms with Crippen molar-refractivity contribution in [2.75, 3.05) is 23.8 Å². The molecule has 1 aromatic carbocycles. The van der Waals surface area contributed by atoms with Gasteiger partial charge in [-0.15, -0.1) is 0 Å². The fraction of sp³-hybridized carbons (Fsp3) is 0.625. The molecule has 0 amide bonds. The van der Waals surface area contributed by atoms with Crippen molar-refractivity contribution in [1.29, 1.82) is 0 Å². The second-order valence-corrected chi connectivity index (χ2v) is 7.84. The van der Waals surface area contributed by atoms with E-state index < -0.39 is 0 Å². The van der Waals surface area contributed by atoms with Crippen molar-refractivity contribution in [2.24, 2.45) is 0 Å². The van der Waals surface area contributed by atoms with E-state index in [2.05, 4.69) is 73.9 Å². The van der Waals surface area contributed by atoms with Crippen LogP contribution in [0.3, 0.4) is 0 Å². The van der Waals surface area contributed by atoms with Crippen molar-refractivity contribution >= 4 is 23.5 Å². The molecule has 0 aliphatic carbocycles. The van der Waals surface area contributed by atoms with Crippen LogP contribution in [0.4, 0.5) is 0 Å². The molecule has 1 aromatic rings. The molecule has 0 radical (unpaired) electrons. The summed E-state index contributed by atoms with van der Waals surface area (Å²) in [6.45, 7) is 7.75. The lowest BCUT2D eigenvalue weighted by atomic mass is 9.98. The maximum atomic E-state index is 3.68. The smallest absolute Gasteiger partial charge is 0.0448 e. The van der Waals surface area contributed by atoms with E-state index in [1.54, 1.807) is 0 Å². The average molecular weight is 296 g/mol. The maximum absolute atomic E-state index is 3.68. The summed E-state index contributed by atoms with van der Waals surface area (Å²) in [7, 11) is 0. The maximum Gasteiger partial charge on any atom is 0.0448 e.